The predicted molar refractivity (Wildman–Crippen MR) is 154 cm³/mol. The Bertz CT molecular complexity index is 1520. The first-order valence-corrected chi connectivity index (χ1v) is 14.1. The molecule has 5 rings (SSSR count). The molecule has 2 heterocycles. The first-order chi connectivity index (χ1) is 17.9. The van der Waals surface area contributed by atoms with Crippen LogP contribution in [0.4, 0.5) is 5.69 Å². The first kappa shape index (κ1) is 25.2. The summed E-state index contributed by atoms with van der Waals surface area (Å²) in [5, 5.41) is 5.34. The van der Waals surface area contributed by atoms with E-state index < -0.39 is 0 Å². The number of thioether (sulfide) groups is 1. The lowest BCUT2D eigenvalue weighted by atomic mass is 9.97. The van der Waals surface area contributed by atoms with Gasteiger partial charge in [-0.15, -0.1) is 11.3 Å². The van der Waals surface area contributed by atoms with Crippen LogP contribution in [0.15, 0.2) is 63.6 Å². The van der Waals surface area contributed by atoms with Crippen molar-refractivity contribution in [1.82, 2.24) is 15.0 Å². The lowest BCUT2D eigenvalue weighted by molar-refractivity contribution is -0.118. The van der Waals surface area contributed by atoms with E-state index in [2.05, 4.69) is 10.5 Å². The number of carbonyl (C=O) groups excluding carboxylic acids is 1. The van der Waals surface area contributed by atoms with E-state index in [0.29, 0.717) is 5.16 Å². The van der Waals surface area contributed by atoms with Gasteiger partial charge in [-0.05, 0) is 68.0 Å². The normalized spacial score (nSPS) is 13.2. The number of benzene rings is 2. The number of thiophene rings is 1. The number of nitrogens with one attached hydrogen (secondary N) is 1. The van der Waals surface area contributed by atoms with Gasteiger partial charge in [-0.1, -0.05) is 41.6 Å². The minimum Gasteiger partial charge on any atom is -0.378 e. The molecule has 9 heteroatoms. The number of nitrogens with zero attached hydrogens (tertiary/aromatic N) is 4. The Morgan fingerprint density at radius 1 is 1.14 bits per heavy atom. The first-order valence-electron chi connectivity index (χ1n) is 12.3. The van der Waals surface area contributed by atoms with Crippen molar-refractivity contribution in [1.29, 1.82) is 0 Å². The lowest BCUT2D eigenvalue weighted by Crippen LogP contribution is -2.24. The maximum atomic E-state index is 13.8. The van der Waals surface area contributed by atoms with Gasteiger partial charge in [0.2, 0.25) is 0 Å². The van der Waals surface area contributed by atoms with Gasteiger partial charge in [-0.25, -0.2) is 10.4 Å². The largest absolute Gasteiger partial charge is 0.378 e. The van der Waals surface area contributed by atoms with Crippen molar-refractivity contribution in [3.05, 3.63) is 80.5 Å². The van der Waals surface area contributed by atoms with Crippen molar-refractivity contribution in [2.75, 3.05) is 24.7 Å². The minimum absolute atomic E-state index is 0.0599. The van der Waals surface area contributed by atoms with Crippen LogP contribution in [0.2, 0.25) is 0 Å². The molecule has 0 atom stereocenters. The van der Waals surface area contributed by atoms with Crippen LogP contribution >= 0.6 is 23.1 Å². The van der Waals surface area contributed by atoms with E-state index in [9.17, 15) is 9.59 Å². The van der Waals surface area contributed by atoms with Crippen molar-refractivity contribution >= 4 is 51.1 Å². The summed E-state index contributed by atoms with van der Waals surface area (Å²) in [6, 6.07) is 15.7. The topological polar surface area (TPSA) is 79.6 Å². The average Bonchev–Trinajstić information content (AvgIpc) is 3.27. The van der Waals surface area contributed by atoms with Crippen LogP contribution in [0.3, 0.4) is 0 Å². The molecule has 0 saturated carbocycles. The number of rotatable bonds is 7. The molecule has 0 fully saturated rings. The van der Waals surface area contributed by atoms with Gasteiger partial charge in [-0.3, -0.25) is 14.2 Å². The van der Waals surface area contributed by atoms with Gasteiger partial charge in [0.15, 0.2) is 5.16 Å². The maximum absolute atomic E-state index is 13.8. The van der Waals surface area contributed by atoms with Gasteiger partial charge in [0.25, 0.3) is 11.5 Å². The van der Waals surface area contributed by atoms with Crippen molar-refractivity contribution in [3.8, 4) is 5.69 Å². The van der Waals surface area contributed by atoms with Gasteiger partial charge in [0, 0.05) is 24.7 Å². The zero-order valence-corrected chi connectivity index (χ0v) is 22.8. The van der Waals surface area contributed by atoms with Crippen LogP contribution in [-0.4, -0.2) is 41.5 Å². The molecular formula is C28H29N5O2S2. The van der Waals surface area contributed by atoms with Gasteiger partial charge in [0.1, 0.15) is 4.83 Å². The molecule has 0 saturated heterocycles. The monoisotopic (exact) mass is 531 g/mol. The third-order valence-electron chi connectivity index (χ3n) is 6.40. The third kappa shape index (κ3) is 5.47. The fourth-order valence-electron chi connectivity index (χ4n) is 4.40. The Balaban J connectivity index is 1.38. The molecule has 2 aromatic carbocycles. The zero-order valence-electron chi connectivity index (χ0n) is 21.2. The second-order valence-electron chi connectivity index (χ2n) is 9.33. The lowest BCUT2D eigenvalue weighted by Gasteiger charge is -2.13. The van der Waals surface area contributed by atoms with Crippen LogP contribution in [0.25, 0.3) is 15.9 Å². The summed E-state index contributed by atoms with van der Waals surface area (Å²) in [6.45, 7) is 2.01. The number of anilines is 1. The van der Waals surface area contributed by atoms with Crippen LogP contribution in [0.1, 0.15) is 34.4 Å². The van der Waals surface area contributed by atoms with E-state index in [1.54, 1.807) is 22.1 Å². The summed E-state index contributed by atoms with van der Waals surface area (Å²) in [5.41, 5.74) is 7.53. The number of aromatic nitrogens is 2. The van der Waals surface area contributed by atoms with Crippen molar-refractivity contribution < 1.29 is 4.79 Å². The molecule has 37 heavy (non-hydrogen) atoms. The highest BCUT2D eigenvalue weighted by Crippen LogP contribution is 2.35. The number of aryl methyl sites for hydroxylation is 3. The molecule has 0 bridgehead atoms. The van der Waals surface area contributed by atoms with Gasteiger partial charge >= 0.3 is 0 Å². The van der Waals surface area contributed by atoms with Crippen LogP contribution in [-0.2, 0) is 17.6 Å². The van der Waals surface area contributed by atoms with Crippen LogP contribution < -0.4 is 15.9 Å². The number of fused-ring (bicyclic) bond motifs is 3. The molecule has 0 radical (unpaired) electrons. The summed E-state index contributed by atoms with van der Waals surface area (Å²) in [4.78, 5) is 35.3. The summed E-state index contributed by atoms with van der Waals surface area (Å²) in [7, 11) is 3.97. The predicted octanol–water partition coefficient (Wildman–Crippen LogP) is 4.94. The van der Waals surface area contributed by atoms with E-state index in [4.69, 9.17) is 4.98 Å². The number of carbonyl (C=O) groups is 1. The molecule has 1 aliphatic rings. The van der Waals surface area contributed by atoms with E-state index >= 15 is 0 Å². The smallest absolute Gasteiger partial charge is 0.267 e. The summed E-state index contributed by atoms with van der Waals surface area (Å²) in [5.74, 6) is -0.173. The Hall–Kier alpha value is -3.43. The van der Waals surface area contributed by atoms with Crippen molar-refractivity contribution in [2.24, 2.45) is 5.10 Å². The fourth-order valence-corrected chi connectivity index (χ4v) is 6.51. The summed E-state index contributed by atoms with van der Waals surface area (Å²) < 4.78 is 1.65. The van der Waals surface area contributed by atoms with Gasteiger partial charge < -0.3 is 4.90 Å². The van der Waals surface area contributed by atoms with Crippen molar-refractivity contribution in [2.45, 2.75) is 37.8 Å². The number of amides is 1. The minimum atomic E-state index is -0.263. The Morgan fingerprint density at radius 2 is 1.86 bits per heavy atom. The Morgan fingerprint density at radius 3 is 2.59 bits per heavy atom. The molecule has 1 aliphatic carbocycles. The highest BCUT2D eigenvalue weighted by molar-refractivity contribution is 7.99. The number of hydrazone groups is 1. The molecule has 2 aromatic heterocycles. The van der Waals surface area contributed by atoms with Crippen LogP contribution in [0, 0.1) is 6.92 Å². The SMILES string of the molecule is Cc1ccc(-n2c(SCC(=O)N/N=C\c3ccc(N(C)C)cc3)nc3sc4c(c3c2=O)CCCC4)cc1. The van der Waals surface area contributed by atoms with E-state index in [1.807, 2.05) is 74.4 Å². The molecule has 1 amide bonds. The molecule has 190 valence electrons. The molecular weight excluding hydrogens is 502 g/mol. The molecule has 0 aliphatic heterocycles. The Kier molecular flexibility index (Phi) is 7.43. The standard InChI is InChI=1S/C28H29N5O2S2/c1-18-8-12-21(13-9-18)33-27(35)25-22-6-4-5-7-23(22)37-26(25)30-28(33)36-17-24(34)31-29-16-19-10-14-20(15-11-19)32(2)3/h8-16H,4-7,17H2,1-3H3,(H,31,34)/b29-16-. The highest BCUT2D eigenvalue weighted by atomic mass is 32.2. The second kappa shape index (κ2) is 10.9. The van der Waals surface area contributed by atoms with E-state index in [0.717, 1.165) is 64.0 Å². The van der Waals surface area contributed by atoms with Crippen molar-refractivity contribution in [3.63, 3.8) is 0 Å². The Labute approximate surface area is 224 Å². The fraction of sp³-hybridized carbons (Fsp3) is 0.286. The quantitative estimate of drug-likeness (QED) is 0.158. The van der Waals surface area contributed by atoms with Crippen LogP contribution in [0.5, 0.6) is 0 Å². The second-order valence-corrected chi connectivity index (χ2v) is 11.4. The number of hydrogen-bond donors (Lipinski definition) is 1. The summed E-state index contributed by atoms with van der Waals surface area (Å²) >= 11 is 2.87. The highest BCUT2D eigenvalue weighted by Gasteiger charge is 2.23. The van der Waals surface area contributed by atoms with E-state index in [-0.39, 0.29) is 17.2 Å². The molecule has 1 N–H and O–H groups in total. The molecule has 0 spiro atoms. The zero-order chi connectivity index (χ0) is 25.9. The van der Waals surface area contributed by atoms with Gasteiger partial charge in [-0.2, -0.15) is 5.10 Å². The number of hydrogen-bond acceptors (Lipinski definition) is 7. The van der Waals surface area contributed by atoms with E-state index in [1.165, 1.54) is 16.6 Å². The average molecular weight is 532 g/mol. The third-order valence-corrected chi connectivity index (χ3v) is 8.52. The molecule has 0 unspecified atom stereocenters. The maximum Gasteiger partial charge on any atom is 0.267 e. The summed E-state index contributed by atoms with van der Waals surface area (Å²) in [6.07, 6.45) is 5.78. The molecule has 4 aromatic rings. The van der Waals surface area contributed by atoms with Gasteiger partial charge in [0.05, 0.1) is 23.0 Å². The molecule has 7 nitrogen and oxygen atoms in total.